The summed E-state index contributed by atoms with van der Waals surface area (Å²) in [4.78, 5) is 18.1. The quantitative estimate of drug-likeness (QED) is 0.841. The average Bonchev–Trinajstić information content (AvgIpc) is 2.70. The fourth-order valence-electron chi connectivity index (χ4n) is 3.84. The lowest BCUT2D eigenvalue weighted by molar-refractivity contribution is -0.143. The molecular formula is C21H26N2O4. The Bertz CT molecular complexity index is 809. The van der Waals surface area contributed by atoms with Crippen molar-refractivity contribution < 1.29 is 19.4 Å². The number of aliphatic carboxylic acids is 1. The Morgan fingerprint density at radius 3 is 2.74 bits per heavy atom. The Balaban J connectivity index is 2.09. The van der Waals surface area contributed by atoms with Gasteiger partial charge in [-0.05, 0) is 55.6 Å². The van der Waals surface area contributed by atoms with E-state index in [0.717, 1.165) is 41.2 Å². The summed E-state index contributed by atoms with van der Waals surface area (Å²) in [5, 5.41) is 9.52. The molecule has 27 heavy (non-hydrogen) atoms. The van der Waals surface area contributed by atoms with Crippen molar-refractivity contribution in [2.45, 2.75) is 25.8 Å². The highest BCUT2D eigenvalue weighted by atomic mass is 16.5. The smallest absolute Gasteiger partial charge is 0.307 e. The van der Waals surface area contributed by atoms with Crippen molar-refractivity contribution in [1.29, 1.82) is 0 Å². The number of hydrogen-bond donors (Lipinski definition) is 1. The van der Waals surface area contributed by atoms with E-state index in [-0.39, 0.29) is 12.0 Å². The number of pyridine rings is 1. The molecule has 0 aliphatic carbocycles. The van der Waals surface area contributed by atoms with Crippen molar-refractivity contribution in [1.82, 2.24) is 9.88 Å². The van der Waals surface area contributed by atoms with Crippen molar-refractivity contribution in [3.8, 4) is 11.5 Å². The average molecular weight is 370 g/mol. The number of carboxylic acids is 1. The number of aryl methyl sites for hydroxylation is 1. The Morgan fingerprint density at radius 1 is 1.26 bits per heavy atom. The molecule has 0 spiro atoms. The van der Waals surface area contributed by atoms with Crippen LogP contribution in [0.5, 0.6) is 11.5 Å². The molecule has 3 rings (SSSR count). The van der Waals surface area contributed by atoms with E-state index in [1.165, 1.54) is 0 Å². The first-order valence-corrected chi connectivity index (χ1v) is 9.14. The van der Waals surface area contributed by atoms with Gasteiger partial charge in [-0.25, -0.2) is 0 Å². The Morgan fingerprint density at radius 2 is 2.07 bits per heavy atom. The van der Waals surface area contributed by atoms with E-state index in [9.17, 15) is 9.90 Å². The molecule has 0 radical (unpaired) electrons. The van der Waals surface area contributed by atoms with Gasteiger partial charge in [0.05, 0.1) is 26.2 Å². The Kier molecular flexibility index (Phi) is 5.96. The number of carboxylic acid groups (broad SMARTS) is 1. The van der Waals surface area contributed by atoms with Gasteiger partial charge in [0.1, 0.15) is 11.5 Å². The minimum Gasteiger partial charge on any atom is -0.497 e. The number of benzene rings is 1. The summed E-state index contributed by atoms with van der Waals surface area (Å²) in [6, 6.07) is 7.70. The van der Waals surface area contributed by atoms with Crippen LogP contribution in [0.2, 0.25) is 0 Å². The third-order valence-electron chi connectivity index (χ3n) is 5.26. The molecule has 1 aliphatic rings. The van der Waals surface area contributed by atoms with E-state index in [1.54, 1.807) is 20.4 Å². The van der Waals surface area contributed by atoms with Gasteiger partial charge in [-0.2, -0.15) is 0 Å². The zero-order valence-electron chi connectivity index (χ0n) is 16.0. The summed E-state index contributed by atoms with van der Waals surface area (Å²) in [7, 11) is 3.27. The minimum absolute atomic E-state index is 0.101. The zero-order chi connectivity index (χ0) is 19.4. The first kappa shape index (κ1) is 19.2. The molecule has 1 fully saturated rings. The third-order valence-corrected chi connectivity index (χ3v) is 5.26. The van der Waals surface area contributed by atoms with Crippen LogP contribution in [-0.4, -0.2) is 48.3 Å². The molecule has 1 aromatic heterocycles. The van der Waals surface area contributed by atoms with Crippen LogP contribution < -0.4 is 9.47 Å². The summed E-state index contributed by atoms with van der Waals surface area (Å²) in [5.41, 5.74) is 3.18. The topological polar surface area (TPSA) is 71.9 Å². The molecule has 144 valence electrons. The van der Waals surface area contributed by atoms with Crippen LogP contribution in [0.4, 0.5) is 0 Å². The van der Waals surface area contributed by atoms with Crippen molar-refractivity contribution in [2.75, 3.05) is 27.3 Å². The summed E-state index contributed by atoms with van der Waals surface area (Å²) in [6.07, 6.45) is 5.20. The van der Waals surface area contributed by atoms with Crippen LogP contribution in [0.15, 0.2) is 36.7 Å². The van der Waals surface area contributed by atoms with Gasteiger partial charge in [-0.15, -0.1) is 0 Å². The summed E-state index contributed by atoms with van der Waals surface area (Å²) in [5.74, 6) is 0.370. The standard InChI is InChI=1S/C21H26N2O4/c1-14-12-22-9-8-17(14)20(23-10-4-5-15(13-23)21(24)25)18-7-6-16(26-2)11-19(18)27-3/h6-9,11-12,15,20H,4-5,10,13H2,1-3H3,(H,24,25). The van der Waals surface area contributed by atoms with Crippen molar-refractivity contribution in [2.24, 2.45) is 5.92 Å². The van der Waals surface area contributed by atoms with Crippen LogP contribution in [0.1, 0.15) is 35.6 Å². The number of rotatable bonds is 6. The van der Waals surface area contributed by atoms with Gasteiger partial charge < -0.3 is 14.6 Å². The molecule has 2 aromatic rings. The monoisotopic (exact) mass is 370 g/mol. The predicted octanol–water partition coefficient (Wildman–Crippen LogP) is 3.29. The van der Waals surface area contributed by atoms with Crippen LogP contribution in [-0.2, 0) is 4.79 Å². The lowest BCUT2D eigenvalue weighted by atomic mass is 9.90. The third kappa shape index (κ3) is 4.06. The second-order valence-corrected chi connectivity index (χ2v) is 6.92. The second kappa shape index (κ2) is 8.39. The zero-order valence-corrected chi connectivity index (χ0v) is 16.0. The highest BCUT2D eigenvalue weighted by Crippen LogP contribution is 2.39. The summed E-state index contributed by atoms with van der Waals surface area (Å²) < 4.78 is 11.0. The van der Waals surface area contributed by atoms with E-state index >= 15 is 0 Å². The lowest BCUT2D eigenvalue weighted by Gasteiger charge is -2.38. The molecule has 1 aromatic carbocycles. The molecule has 2 heterocycles. The van der Waals surface area contributed by atoms with E-state index in [2.05, 4.69) is 9.88 Å². The maximum absolute atomic E-state index is 11.6. The molecule has 0 bridgehead atoms. The summed E-state index contributed by atoms with van der Waals surface area (Å²) >= 11 is 0. The number of nitrogens with zero attached hydrogens (tertiary/aromatic N) is 2. The number of hydrogen-bond acceptors (Lipinski definition) is 5. The van der Waals surface area contributed by atoms with E-state index in [0.29, 0.717) is 13.0 Å². The highest BCUT2D eigenvalue weighted by molar-refractivity contribution is 5.70. The maximum atomic E-state index is 11.6. The predicted molar refractivity (Wildman–Crippen MR) is 102 cm³/mol. The normalized spacial score (nSPS) is 18.7. The van der Waals surface area contributed by atoms with Gasteiger partial charge >= 0.3 is 5.97 Å². The molecular weight excluding hydrogens is 344 g/mol. The first-order valence-electron chi connectivity index (χ1n) is 9.14. The van der Waals surface area contributed by atoms with Gasteiger partial charge in [-0.1, -0.05) is 0 Å². The lowest BCUT2D eigenvalue weighted by Crippen LogP contribution is -2.41. The van der Waals surface area contributed by atoms with Crippen LogP contribution >= 0.6 is 0 Å². The number of ether oxygens (including phenoxy) is 2. The van der Waals surface area contributed by atoms with Gasteiger partial charge in [0.2, 0.25) is 0 Å². The van der Waals surface area contributed by atoms with Gasteiger partial charge in [0.25, 0.3) is 0 Å². The van der Waals surface area contributed by atoms with Crippen LogP contribution in [0.25, 0.3) is 0 Å². The van der Waals surface area contributed by atoms with Gasteiger partial charge in [0, 0.05) is 30.6 Å². The molecule has 2 atom stereocenters. The maximum Gasteiger partial charge on any atom is 0.307 e. The van der Waals surface area contributed by atoms with Crippen molar-refractivity contribution in [3.05, 3.63) is 53.3 Å². The molecule has 0 saturated carbocycles. The number of aromatic nitrogens is 1. The van der Waals surface area contributed by atoms with Crippen LogP contribution in [0.3, 0.4) is 0 Å². The van der Waals surface area contributed by atoms with Gasteiger partial charge in [-0.3, -0.25) is 14.7 Å². The van der Waals surface area contributed by atoms with E-state index < -0.39 is 5.97 Å². The fourth-order valence-corrected chi connectivity index (χ4v) is 3.84. The van der Waals surface area contributed by atoms with Gasteiger partial charge in [0.15, 0.2) is 0 Å². The molecule has 1 aliphatic heterocycles. The Hall–Kier alpha value is -2.60. The molecule has 6 heteroatoms. The highest BCUT2D eigenvalue weighted by Gasteiger charge is 2.33. The SMILES string of the molecule is COc1ccc(C(c2ccncc2C)N2CCCC(C(=O)O)C2)c(OC)c1. The molecule has 1 saturated heterocycles. The molecule has 2 unspecified atom stereocenters. The van der Waals surface area contributed by atoms with Crippen molar-refractivity contribution >= 4 is 5.97 Å². The minimum atomic E-state index is -0.730. The first-order chi connectivity index (χ1) is 13.0. The largest absolute Gasteiger partial charge is 0.497 e. The van der Waals surface area contributed by atoms with E-state index in [1.807, 2.05) is 37.4 Å². The molecule has 0 amide bonds. The number of likely N-dealkylation sites (tertiary alicyclic amines) is 1. The number of piperidine rings is 1. The van der Waals surface area contributed by atoms with Crippen molar-refractivity contribution in [3.63, 3.8) is 0 Å². The molecule has 6 nitrogen and oxygen atoms in total. The number of methoxy groups -OCH3 is 2. The van der Waals surface area contributed by atoms with Crippen LogP contribution in [0, 0.1) is 12.8 Å². The van der Waals surface area contributed by atoms with E-state index in [4.69, 9.17) is 9.47 Å². The number of carbonyl (C=O) groups is 1. The fraction of sp³-hybridized carbons (Fsp3) is 0.429. The second-order valence-electron chi connectivity index (χ2n) is 6.92. The molecule has 1 N–H and O–H groups in total. The summed E-state index contributed by atoms with van der Waals surface area (Å²) in [6.45, 7) is 3.38. The Labute approximate surface area is 159 Å².